The van der Waals surface area contributed by atoms with Crippen LogP contribution in [0.2, 0.25) is 0 Å². The van der Waals surface area contributed by atoms with E-state index in [-0.39, 0.29) is 17.4 Å². The van der Waals surface area contributed by atoms with Crippen LogP contribution >= 0.6 is 0 Å². The predicted octanol–water partition coefficient (Wildman–Crippen LogP) is 1.62. The minimum atomic E-state index is -0.655. The van der Waals surface area contributed by atoms with Crippen LogP contribution in [-0.4, -0.2) is 26.6 Å². The number of carbonyl (C=O) groups is 2. The molecule has 0 aliphatic heterocycles. The van der Waals surface area contributed by atoms with Crippen molar-refractivity contribution in [1.29, 1.82) is 0 Å². The molecule has 0 aliphatic carbocycles. The van der Waals surface area contributed by atoms with Crippen molar-refractivity contribution in [3.63, 3.8) is 0 Å². The van der Waals surface area contributed by atoms with Gasteiger partial charge in [0.25, 0.3) is 11.8 Å². The van der Waals surface area contributed by atoms with Crippen LogP contribution in [0.4, 0.5) is 5.82 Å². The van der Waals surface area contributed by atoms with Crippen molar-refractivity contribution in [3.8, 4) is 5.69 Å². The predicted molar refractivity (Wildman–Crippen MR) is 84.3 cm³/mol. The van der Waals surface area contributed by atoms with Gasteiger partial charge in [0.1, 0.15) is 11.5 Å². The van der Waals surface area contributed by atoms with Gasteiger partial charge in [0.05, 0.1) is 11.3 Å². The van der Waals surface area contributed by atoms with E-state index in [4.69, 9.17) is 5.73 Å². The quantitative estimate of drug-likeness (QED) is 0.764. The van der Waals surface area contributed by atoms with Crippen molar-refractivity contribution in [3.05, 3.63) is 72.2 Å². The van der Waals surface area contributed by atoms with E-state index in [2.05, 4.69) is 15.4 Å². The molecule has 0 atom stereocenters. The molecule has 2 heterocycles. The number of amides is 2. The van der Waals surface area contributed by atoms with E-state index in [0.29, 0.717) is 11.3 Å². The second kappa shape index (κ2) is 6.10. The second-order valence-corrected chi connectivity index (χ2v) is 4.69. The Kier molecular flexibility index (Phi) is 3.84. The normalized spacial score (nSPS) is 10.3. The number of para-hydroxylation sites is 1. The number of anilines is 1. The van der Waals surface area contributed by atoms with Crippen LogP contribution in [0.15, 0.2) is 60.9 Å². The number of hydrogen-bond acceptors (Lipinski definition) is 4. The summed E-state index contributed by atoms with van der Waals surface area (Å²) in [6, 6.07) is 13.5. The van der Waals surface area contributed by atoms with Crippen LogP contribution in [0.3, 0.4) is 0 Å². The highest BCUT2D eigenvalue weighted by Gasteiger charge is 2.14. The summed E-state index contributed by atoms with van der Waals surface area (Å²) in [6.45, 7) is 0. The Hall–Kier alpha value is -3.48. The Morgan fingerprint density at radius 3 is 2.61 bits per heavy atom. The fourth-order valence-corrected chi connectivity index (χ4v) is 2.10. The average Bonchev–Trinajstić information content (AvgIpc) is 3.09. The molecule has 3 N–H and O–H groups in total. The first-order valence-corrected chi connectivity index (χ1v) is 6.82. The number of hydrogen-bond donors (Lipinski definition) is 2. The molecule has 0 unspecified atom stereocenters. The van der Waals surface area contributed by atoms with Crippen LogP contribution < -0.4 is 11.1 Å². The van der Waals surface area contributed by atoms with E-state index in [1.807, 2.05) is 6.07 Å². The van der Waals surface area contributed by atoms with Crippen LogP contribution in [0.1, 0.15) is 20.8 Å². The van der Waals surface area contributed by atoms with E-state index in [9.17, 15) is 9.59 Å². The molecule has 3 aromatic rings. The third-order valence-electron chi connectivity index (χ3n) is 3.14. The zero-order chi connectivity index (χ0) is 16.2. The molecule has 7 nitrogen and oxygen atoms in total. The van der Waals surface area contributed by atoms with Gasteiger partial charge in [-0.1, -0.05) is 18.2 Å². The maximum Gasteiger partial charge on any atom is 0.267 e. The van der Waals surface area contributed by atoms with Gasteiger partial charge in [0, 0.05) is 12.4 Å². The number of nitrogens with two attached hydrogens (primary N) is 1. The van der Waals surface area contributed by atoms with Crippen molar-refractivity contribution in [1.82, 2.24) is 14.8 Å². The van der Waals surface area contributed by atoms with Crippen molar-refractivity contribution >= 4 is 17.6 Å². The Balaban J connectivity index is 1.90. The topological polar surface area (TPSA) is 103 Å². The van der Waals surface area contributed by atoms with Gasteiger partial charge in [-0.25, -0.2) is 9.67 Å². The highest BCUT2D eigenvalue weighted by atomic mass is 16.2. The molecule has 0 aliphatic rings. The van der Waals surface area contributed by atoms with E-state index in [1.54, 1.807) is 53.5 Å². The third-order valence-corrected chi connectivity index (χ3v) is 3.14. The average molecular weight is 307 g/mol. The van der Waals surface area contributed by atoms with E-state index in [0.717, 1.165) is 0 Å². The van der Waals surface area contributed by atoms with E-state index in [1.165, 1.54) is 6.07 Å². The highest BCUT2D eigenvalue weighted by Crippen LogP contribution is 2.15. The Morgan fingerprint density at radius 2 is 1.87 bits per heavy atom. The highest BCUT2D eigenvalue weighted by molar-refractivity contribution is 6.06. The molecule has 7 heteroatoms. The fraction of sp³-hybridized carbons (Fsp3) is 0. The zero-order valence-electron chi connectivity index (χ0n) is 12.0. The number of nitrogens with zero attached hydrogens (tertiary/aromatic N) is 3. The standard InChI is InChI=1S/C16H13N5O2/c17-15(22)12-6-3-8-14(19-12)20-16(23)11-5-1-2-7-13(11)21-10-4-9-18-21/h1-10H,(H2,17,22)(H,19,20,23). The smallest absolute Gasteiger partial charge is 0.267 e. The van der Waals surface area contributed by atoms with Crippen LogP contribution in [-0.2, 0) is 0 Å². The minimum absolute atomic E-state index is 0.0863. The molecule has 0 saturated heterocycles. The first-order valence-electron chi connectivity index (χ1n) is 6.82. The fourth-order valence-electron chi connectivity index (χ4n) is 2.10. The Bertz CT molecular complexity index is 858. The molecular formula is C16H13N5O2. The van der Waals surface area contributed by atoms with Crippen LogP contribution in [0, 0.1) is 0 Å². The number of primary amides is 1. The molecule has 2 aromatic heterocycles. The molecular weight excluding hydrogens is 294 g/mol. The lowest BCUT2D eigenvalue weighted by Gasteiger charge is -2.10. The first kappa shape index (κ1) is 14.5. The molecule has 0 bridgehead atoms. The van der Waals surface area contributed by atoms with Gasteiger partial charge >= 0.3 is 0 Å². The van der Waals surface area contributed by atoms with E-state index < -0.39 is 5.91 Å². The molecule has 114 valence electrons. The van der Waals surface area contributed by atoms with Crippen LogP contribution in [0.5, 0.6) is 0 Å². The Morgan fingerprint density at radius 1 is 1.04 bits per heavy atom. The van der Waals surface area contributed by atoms with Gasteiger partial charge in [0.15, 0.2) is 0 Å². The molecule has 23 heavy (non-hydrogen) atoms. The van der Waals surface area contributed by atoms with Gasteiger partial charge in [-0.3, -0.25) is 9.59 Å². The zero-order valence-corrected chi connectivity index (χ0v) is 12.0. The molecule has 0 fully saturated rings. The summed E-state index contributed by atoms with van der Waals surface area (Å²) in [5.74, 6) is -0.759. The van der Waals surface area contributed by atoms with Gasteiger partial charge in [-0.2, -0.15) is 5.10 Å². The summed E-state index contributed by atoms with van der Waals surface area (Å²) in [5.41, 5.74) is 6.35. The second-order valence-electron chi connectivity index (χ2n) is 4.69. The lowest BCUT2D eigenvalue weighted by atomic mass is 10.1. The van der Waals surface area contributed by atoms with Crippen molar-refractivity contribution < 1.29 is 9.59 Å². The number of pyridine rings is 1. The summed E-state index contributed by atoms with van der Waals surface area (Å²) in [5, 5.41) is 6.79. The SMILES string of the molecule is NC(=O)c1cccc(NC(=O)c2ccccc2-n2cccn2)n1. The number of nitrogens with one attached hydrogen (secondary N) is 1. The largest absolute Gasteiger partial charge is 0.364 e. The van der Waals surface area contributed by atoms with Crippen molar-refractivity contribution in [2.24, 2.45) is 5.73 Å². The van der Waals surface area contributed by atoms with E-state index >= 15 is 0 Å². The van der Waals surface area contributed by atoms with Gasteiger partial charge in [-0.15, -0.1) is 0 Å². The van der Waals surface area contributed by atoms with Gasteiger partial charge < -0.3 is 11.1 Å². The number of rotatable bonds is 4. The molecule has 0 spiro atoms. The number of aromatic nitrogens is 3. The molecule has 0 saturated carbocycles. The maximum atomic E-state index is 12.5. The molecule has 3 rings (SSSR count). The lowest BCUT2D eigenvalue weighted by molar-refractivity contribution is 0.0991. The number of benzene rings is 1. The lowest BCUT2D eigenvalue weighted by Crippen LogP contribution is -2.18. The van der Waals surface area contributed by atoms with Crippen molar-refractivity contribution in [2.45, 2.75) is 0 Å². The Labute approximate surface area is 131 Å². The molecule has 1 aromatic carbocycles. The maximum absolute atomic E-state index is 12.5. The summed E-state index contributed by atoms with van der Waals surface area (Å²) in [7, 11) is 0. The first-order chi connectivity index (χ1) is 11.1. The molecule has 0 radical (unpaired) electrons. The van der Waals surface area contributed by atoms with Crippen molar-refractivity contribution in [2.75, 3.05) is 5.32 Å². The van der Waals surface area contributed by atoms with Crippen LogP contribution in [0.25, 0.3) is 5.69 Å². The summed E-state index contributed by atoms with van der Waals surface area (Å²) >= 11 is 0. The number of carbonyl (C=O) groups excluding carboxylic acids is 2. The minimum Gasteiger partial charge on any atom is -0.364 e. The van der Waals surface area contributed by atoms with Gasteiger partial charge in [-0.05, 0) is 30.3 Å². The summed E-state index contributed by atoms with van der Waals surface area (Å²) in [4.78, 5) is 27.7. The summed E-state index contributed by atoms with van der Waals surface area (Å²) < 4.78 is 1.60. The summed E-state index contributed by atoms with van der Waals surface area (Å²) in [6.07, 6.45) is 3.38. The molecule has 2 amide bonds. The monoisotopic (exact) mass is 307 g/mol. The van der Waals surface area contributed by atoms with Gasteiger partial charge in [0.2, 0.25) is 0 Å². The third kappa shape index (κ3) is 3.08.